The molecule has 1 N–H and O–H groups in total. The zero-order chi connectivity index (χ0) is 40.5. The minimum atomic E-state index is -0.391. The molecule has 0 radical (unpaired) electrons. The van der Waals surface area contributed by atoms with E-state index in [9.17, 15) is 14.4 Å². The monoisotopic (exact) mass is 787 g/mol. The molecular formula is C48H90N4O4. The van der Waals surface area contributed by atoms with Crippen molar-refractivity contribution in [2.24, 2.45) is 5.92 Å². The minimum Gasteiger partial charge on any atom is -0.465 e. The summed E-state index contributed by atoms with van der Waals surface area (Å²) >= 11 is 0. The topological polar surface area (TPSA) is 82.2 Å². The summed E-state index contributed by atoms with van der Waals surface area (Å²) in [7, 11) is 2.18. The van der Waals surface area contributed by atoms with Crippen LogP contribution in [-0.2, 0) is 19.1 Å². The van der Waals surface area contributed by atoms with Crippen molar-refractivity contribution in [1.29, 1.82) is 0 Å². The predicted molar refractivity (Wildman–Crippen MR) is 236 cm³/mol. The average Bonchev–Trinajstić information content (AvgIpc) is 3.47. The van der Waals surface area contributed by atoms with Gasteiger partial charge in [-0.25, -0.2) is 0 Å². The van der Waals surface area contributed by atoms with E-state index in [2.05, 4.69) is 55.1 Å². The van der Waals surface area contributed by atoms with Gasteiger partial charge in [-0.1, -0.05) is 148 Å². The number of esters is 1. The Hall–Kier alpha value is -1.93. The molecule has 0 spiro atoms. The number of nitrogens with one attached hydrogen (secondary N) is 1. The van der Waals surface area contributed by atoms with Gasteiger partial charge in [0.1, 0.15) is 6.04 Å². The molecule has 0 aromatic heterocycles. The van der Waals surface area contributed by atoms with Crippen LogP contribution >= 0.6 is 0 Å². The second-order valence-corrected chi connectivity index (χ2v) is 17.5. The van der Waals surface area contributed by atoms with Crippen LogP contribution in [0.3, 0.4) is 0 Å². The zero-order valence-electron chi connectivity index (χ0n) is 37.3. The van der Waals surface area contributed by atoms with Gasteiger partial charge in [0.15, 0.2) is 0 Å². The highest BCUT2D eigenvalue weighted by atomic mass is 16.5. The maximum atomic E-state index is 14.2. The summed E-state index contributed by atoms with van der Waals surface area (Å²) in [6, 6.07) is -0.159. The molecule has 0 bridgehead atoms. The largest absolute Gasteiger partial charge is 0.465 e. The predicted octanol–water partition coefficient (Wildman–Crippen LogP) is 11.0. The Morgan fingerprint density at radius 3 is 1.93 bits per heavy atom. The van der Waals surface area contributed by atoms with Crippen LogP contribution in [0.15, 0.2) is 12.2 Å². The van der Waals surface area contributed by atoms with Gasteiger partial charge in [-0.05, 0) is 70.8 Å². The Labute approximate surface area is 346 Å². The van der Waals surface area contributed by atoms with Gasteiger partial charge >= 0.3 is 5.97 Å². The highest BCUT2D eigenvalue weighted by molar-refractivity contribution is 5.87. The Morgan fingerprint density at radius 2 is 1.29 bits per heavy atom. The number of likely N-dealkylation sites (N-methyl/N-ethyl adjacent to an activating group) is 1. The van der Waals surface area contributed by atoms with Crippen molar-refractivity contribution in [2.75, 3.05) is 52.9 Å². The van der Waals surface area contributed by atoms with Crippen LogP contribution in [-0.4, -0.2) is 97.5 Å². The molecule has 1 heterocycles. The minimum absolute atomic E-state index is 0.0690. The third kappa shape index (κ3) is 24.8. The number of unbranched alkanes of at least 4 members (excludes halogenated alkanes) is 14. The summed E-state index contributed by atoms with van der Waals surface area (Å²) in [5.74, 6) is 0.632. The standard InChI is InChI=1S/C48H90N4O4/c1-5-8-10-11-12-13-14-15-16-17-18-20-27-33-45(48(55)49-44-31-25-23-24-26-32-44)52(41-40-51-38-36-50(4)37-39-51)46(53)34-28-21-19-22-29-35-47(54)56-42-43(7-3)30-9-6-2/h11-12,43-45H,5-10,13-42H2,1-4H3,(H,49,55)/b12-11-. The molecule has 1 saturated carbocycles. The van der Waals surface area contributed by atoms with E-state index >= 15 is 0 Å². The van der Waals surface area contributed by atoms with Gasteiger partial charge in [-0.3, -0.25) is 19.3 Å². The van der Waals surface area contributed by atoms with Crippen LogP contribution in [0.5, 0.6) is 0 Å². The first-order valence-corrected chi connectivity index (χ1v) is 24.2. The number of carbonyl (C=O) groups is 3. The SMILES string of the molecule is CCCC/C=C\CCCCCCCCCC(C(=O)NC1CCCCCC1)N(CCN1CCN(C)CC1)C(=O)CCCCCCCC(=O)OCC(CC)CCCC. The van der Waals surface area contributed by atoms with Crippen LogP contribution < -0.4 is 5.32 Å². The maximum absolute atomic E-state index is 14.2. The third-order valence-electron chi connectivity index (χ3n) is 12.5. The molecule has 8 nitrogen and oxygen atoms in total. The first-order chi connectivity index (χ1) is 27.4. The molecule has 2 fully saturated rings. The quantitative estimate of drug-likeness (QED) is 0.0309. The summed E-state index contributed by atoms with van der Waals surface area (Å²) in [6.45, 7) is 12.8. The lowest BCUT2D eigenvalue weighted by atomic mass is 10.0. The average molecular weight is 787 g/mol. The van der Waals surface area contributed by atoms with Gasteiger partial charge < -0.3 is 19.9 Å². The lowest BCUT2D eigenvalue weighted by Gasteiger charge is -2.36. The smallest absolute Gasteiger partial charge is 0.305 e. The fourth-order valence-corrected chi connectivity index (χ4v) is 8.37. The van der Waals surface area contributed by atoms with Crippen molar-refractivity contribution in [3.8, 4) is 0 Å². The normalized spacial score (nSPS) is 17.1. The first kappa shape index (κ1) is 50.2. The molecule has 1 aliphatic carbocycles. The van der Waals surface area contributed by atoms with Crippen molar-refractivity contribution < 1.29 is 19.1 Å². The number of ether oxygens (including phenoxy) is 1. The summed E-state index contributed by atoms with van der Waals surface area (Å²) in [6.07, 6.45) is 36.0. The van der Waals surface area contributed by atoms with E-state index in [1.807, 2.05) is 4.90 Å². The van der Waals surface area contributed by atoms with Gasteiger partial charge in [0.2, 0.25) is 11.8 Å². The van der Waals surface area contributed by atoms with E-state index in [1.54, 1.807) is 0 Å². The van der Waals surface area contributed by atoms with E-state index in [0.717, 1.165) is 110 Å². The Balaban J connectivity index is 1.91. The summed E-state index contributed by atoms with van der Waals surface area (Å²) in [4.78, 5) is 47.5. The number of allylic oxidation sites excluding steroid dienone is 2. The summed E-state index contributed by atoms with van der Waals surface area (Å²) in [5, 5.41) is 3.47. The van der Waals surface area contributed by atoms with E-state index < -0.39 is 6.04 Å². The van der Waals surface area contributed by atoms with Crippen molar-refractivity contribution in [1.82, 2.24) is 20.0 Å². The van der Waals surface area contributed by atoms with Crippen molar-refractivity contribution in [2.45, 2.75) is 219 Å². The number of piperazine rings is 1. The number of rotatable bonds is 33. The van der Waals surface area contributed by atoms with Crippen molar-refractivity contribution in [3.05, 3.63) is 12.2 Å². The second-order valence-electron chi connectivity index (χ2n) is 17.5. The van der Waals surface area contributed by atoms with Crippen molar-refractivity contribution in [3.63, 3.8) is 0 Å². The fraction of sp³-hybridized carbons (Fsp3) is 0.896. The third-order valence-corrected chi connectivity index (χ3v) is 12.5. The van der Waals surface area contributed by atoms with Crippen LogP contribution in [0.2, 0.25) is 0 Å². The zero-order valence-corrected chi connectivity index (χ0v) is 37.3. The van der Waals surface area contributed by atoms with Crippen LogP contribution in [0, 0.1) is 5.92 Å². The summed E-state index contributed by atoms with van der Waals surface area (Å²) < 4.78 is 5.59. The molecule has 56 heavy (non-hydrogen) atoms. The number of amides is 2. The van der Waals surface area contributed by atoms with E-state index in [-0.39, 0.29) is 23.8 Å². The molecule has 2 unspecified atom stereocenters. The number of carbonyl (C=O) groups excluding carboxylic acids is 3. The Bertz CT molecular complexity index is 1010. The van der Waals surface area contributed by atoms with Gasteiger partial charge in [0.05, 0.1) is 6.61 Å². The van der Waals surface area contributed by atoms with Gasteiger partial charge in [-0.15, -0.1) is 0 Å². The van der Waals surface area contributed by atoms with E-state index in [4.69, 9.17) is 4.74 Å². The second kappa shape index (κ2) is 34.0. The first-order valence-electron chi connectivity index (χ1n) is 24.2. The van der Waals surface area contributed by atoms with Gasteiger partial charge in [0, 0.05) is 58.2 Å². The van der Waals surface area contributed by atoms with Gasteiger partial charge in [0.25, 0.3) is 0 Å². The maximum Gasteiger partial charge on any atom is 0.305 e. The van der Waals surface area contributed by atoms with E-state index in [1.165, 1.54) is 96.3 Å². The van der Waals surface area contributed by atoms with Crippen LogP contribution in [0.4, 0.5) is 0 Å². The number of nitrogens with zero attached hydrogens (tertiary/aromatic N) is 3. The molecule has 1 saturated heterocycles. The Kier molecular flexibility index (Phi) is 30.5. The van der Waals surface area contributed by atoms with Crippen LogP contribution in [0.1, 0.15) is 207 Å². The molecule has 0 aromatic rings. The molecule has 2 rings (SSSR count). The van der Waals surface area contributed by atoms with Gasteiger partial charge in [-0.2, -0.15) is 0 Å². The molecule has 2 aliphatic rings. The lowest BCUT2D eigenvalue weighted by molar-refractivity contribution is -0.145. The summed E-state index contributed by atoms with van der Waals surface area (Å²) in [5.41, 5.74) is 0. The molecule has 2 atom stereocenters. The number of hydrogen-bond donors (Lipinski definition) is 1. The van der Waals surface area contributed by atoms with Crippen molar-refractivity contribution >= 4 is 17.8 Å². The van der Waals surface area contributed by atoms with E-state index in [0.29, 0.717) is 31.9 Å². The molecule has 1 aliphatic heterocycles. The number of hydrogen-bond acceptors (Lipinski definition) is 6. The Morgan fingerprint density at radius 1 is 0.696 bits per heavy atom. The highest BCUT2D eigenvalue weighted by Crippen LogP contribution is 2.21. The van der Waals surface area contributed by atoms with Crippen LogP contribution in [0.25, 0.3) is 0 Å². The highest BCUT2D eigenvalue weighted by Gasteiger charge is 2.31. The molecule has 2 amide bonds. The molecular weight excluding hydrogens is 697 g/mol. The molecule has 8 heteroatoms. The fourth-order valence-electron chi connectivity index (χ4n) is 8.37. The molecule has 326 valence electrons. The lowest BCUT2D eigenvalue weighted by Crippen LogP contribution is -2.54. The molecule has 0 aromatic carbocycles.